The number of methoxy groups -OCH3 is 1. The molecule has 1 heterocycles. The predicted octanol–water partition coefficient (Wildman–Crippen LogP) is 4.27. The summed E-state index contributed by atoms with van der Waals surface area (Å²) in [7, 11) is 1.51. The number of thiazole rings is 1. The average Bonchev–Trinajstić information content (AvgIpc) is 3.16. The first kappa shape index (κ1) is 19.4. The van der Waals surface area contributed by atoms with E-state index in [9.17, 15) is 4.79 Å². The molecule has 0 aliphatic rings. The number of benzene rings is 2. The largest absolute Gasteiger partial charge is 0.495 e. The van der Waals surface area contributed by atoms with Crippen molar-refractivity contribution in [2.24, 2.45) is 0 Å². The highest BCUT2D eigenvalue weighted by molar-refractivity contribution is 7.13. The van der Waals surface area contributed by atoms with Crippen LogP contribution < -0.4 is 14.8 Å². The molecular formula is C21H19N3O3S. The van der Waals surface area contributed by atoms with Crippen LogP contribution in [0.4, 0.5) is 5.69 Å². The lowest BCUT2D eigenvalue weighted by molar-refractivity contribution is -0.115. The van der Waals surface area contributed by atoms with Gasteiger partial charge in [0.25, 0.3) is 0 Å². The molecule has 142 valence electrons. The molecule has 0 fully saturated rings. The lowest BCUT2D eigenvalue weighted by atomic mass is 10.2. The number of hydrogen-bond donors (Lipinski definition) is 1. The first-order chi connectivity index (χ1) is 13.6. The van der Waals surface area contributed by atoms with E-state index in [-0.39, 0.29) is 12.3 Å². The van der Waals surface area contributed by atoms with E-state index in [0.717, 1.165) is 16.3 Å². The Hall–Kier alpha value is -3.37. The number of aromatic nitrogens is 1. The highest BCUT2D eigenvalue weighted by Crippen LogP contribution is 2.32. The summed E-state index contributed by atoms with van der Waals surface area (Å²) in [6.45, 7) is 2.51. The predicted molar refractivity (Wildman–Crippen MR) is 109 cm³/mol. The minimum atomic E-state index is -0.233. The van der Waals surface area contributed by atoms with Gasteiger partial charge < -0.3 is 14.8 Å². The van der Waals surface area contributed by atoms with E-state index in [2.05, 4.69) is 10.3 Å². The van der Waals surface area contributed by atoms with Gasteiger partial charge in [-0.15, -0.1) is 11.3 Å². The second kappa shape index (κ2) is 9.02. The molecule has 7 heteroatoms. The topological polar surface area (TPSA) is 84.2 Å². The average molecular weight is 393 g/mol. The number of anilines is 1. The van der Waals surface area contributed by atoms with Gasteiger partial charge in [-0.1, -0.05) is 12.1 Å². The van der Waals surface area contributed by atoms with E-state index in [1.54, 1.807) is 18.2 Å². The second-order valence-electron chi connectivity index (χ2n) is 5.82. The standard InChI is InChI=1S/C21H19N3O3S/c1-3-27-18-7-5-4-6-16(18)21-23-15(13-28-21)11-20(25)24-17-10-14(12-22)8-9-19(17)26-2/h4-10,13H,3,11H2,1-2H3,(H,24,25). The van der Waals surface area contributed by atoms with Gasteiger partial charge >= 0.3 is 0 Å². The highest BCUT2D eigenvalue weighted by Gasteiger charge is 2.14. The fourth-order valence-corrected chi connectivity index (χ4v) is 3.52. The van der Waals surface area contributed by atoms with E-state index in [1.807, 2.05) is 42.6 Å². The molecule has 0 saturated carbocycles. The molecular weight excluding hydrogens is 374 g/mol. The van der Waals surface area contributed by atoms with Crippen molar-refractivity contribution in [2.45, 2.75) is 13.3 Å². The number of rotatable bonds is 7. The molecule has 0 saturated heterocycles. The summed E-state index contributed by atoms with van der Waals surface area (Å²) in [5.41, 5.74) is 2.48. The number of amides is 1. The van der Waals surface area contributed by atoms with Crippen molar-refractivity contribution in [3.8, 4) is 28.1 Å². The number of ether oxygens (including phenoxy) is 2. The van der Waals surface area contributed by atoms with Crippen LogP contribution in [0.2, 0.25) is 0 Å². The van der Waals surface area contributed by atoms with Crippen LogP contribution in [0.15, 0.2) is 47.8 Å². The Bertz CT molecular complexity index is 1020. The normalized spacial score (nSPS) is 10.2. The molecule has 1 N–H and O–H groups in total. The van der Waals surface area contributed by atoms with E-state index < -0.39 is 0 Å². The fraction of sp³-hybridized carbons (Fsp3) is 0.190. The molecule has 3 aromatic rings. The van der Waals surface area contributed by atoms with Crippen LogP contribution in [0.3, 0.4) is 0 Å². The van der Waals surface area contributed by atoms with Gasteiger partial charge in [0, 0.05) is 5.38 Å². The monoisotopic (exact) mass is 393 g/mol. The zero-order valence-corrected chi connectivity index (χ0v) is 16.4. The van der Waals surface area contributed by atoms with Crippen molar-refractivity contribution >= 4 is 22.9 Å². The number of nitrogens with one attached hydrogen (secondary N) is 1. The smallest absolute Gasteiger partial charge is 0.230 e. The quantitative estimate of drug-likeness (QED) is 0.648. The molecule has 0 spiro atoms. The number of nitriles is 1. The van der Waals surface area contributed by atoms with Crippen molar-refractivity contribution in [3.63, 3.8) is 0 Å². The van der Waals surface area contributed by atoms with Crippen LogP contribution in [-0.2, 0) is 11.2 Å². The Morgan fingerprint density at radius 1 is 1.25 bits per heavy atom. The first-order valence-electron chi connectivity index (χ1n) is 8.69. The van der Waals surface area contributed by atoms with Crippen LogP contribution in [-0.4, -0.2) is 24.6 Å². The lowest BCUT2D eigenvalue weighted by Gasteiger charge is -2.10. The number of para-hydroxylation sites is 1. The zero-order chi connectivity index (χ0) is 19.9. The molecule has 0 radical (unpaired) electrons. The maximum Gasteiger partial charge on any atom is 0.230 e. The molecule has 1 aromatic heterocycles. The van der Waals surface area contributed by atoms with Crippen LogP contribution in [0.5, 0.6) is 11.5 Å². The Morgan fingerprint density at radius 3 is 2.82 bits per heavy atom. The maximum absolute atomic E-state index is 12.5. The minimum absolute atomic E-state index is 0.118. The molecule has 6 nitrogen and oxygen atoms in total. The Kier molecular flexibility index (Phi) is 6.25. The van der Waals surface area contributed by atoms with Gasteiger partial charge in [-0.3, -0.25) is 4.79 Å². The summed E-state index contributed by atoms with van der Waals surface area (Å²) >= 11 is 1.47. The third-order valence-electron chi connectivity index (χ3n) is 3.91. The van der Waals surface area contributed by atoms with E-state index in [1.165, 1.54) is 18.4 Å². The van der Waals surface area contributed by atoms with Gasteiger partial charge in [-0.05, 0) is 37.3 Å². The van der Waals surface area contributed by atoms with Gasteiger partial charge in [0.15, 0.2) is 0 Å². The van der Waals surface area contributed by atoms with Crippen molar-refractivity contribution in [2.75, 3.05) is 19.0 Å². The van der Waals surface area contributed by atoms with Crippen LogP contribution in [0, 0.1) is 11.3 Å². The fourth-order valence-electron chi connectivity index (χ4n) is 2.67. The molecule has 1 amide bonds. The van der Waals surface area contributed by atoms with Gasteiger partial charge in [0.1, 0.15) is 16.5 Å². The van der Waals surface area contributed by atoms with Gasteiger partial charge in [0.05, 0.1) is 48.7 Å². The van der Waals surface area contributed by atoms with Crippen LogP contribution in [0.1, 0.15) is 18.2 Å². The summed E-state index contributed by atoms with van der Waals surface area (Å²) in [6, 6.07) is 14.6. The molecule has 2 aromatic carbocycles. The summed E-state index contributed by atoms with van der Waals surface area (Å²) in [6.07, 6.45) is 0.118. The van der Waals surface area contributed by atoms with Crippen LogP contribution >= 0.6 is 11.3 Å². The molecule has 28 heavy (non-hydrogen) atoms. The first-order valence-corrected chi connectivity index (χ1v) is 9.57. The van der Waals surface area contributed by atoms with Gasteiger partial charge in [-0.2, -0.15) is 5.26 Å². The SMILES string of the molecule is CCOc1ccccc1-c1nc(CC(=O)Nc2cc(C#N)ccc2OC)cs1. The summed E-state index contributed by atoms with van der Waals surface area (Å²) < 4.78 is 10.9. The van der Waals surface area contributed by atoms with Gasteiger partial charge in [0.2, 0.25) is 5.91 Å². The van der Waals surface area contributed by atoms with E-state index in [0.29, 0.717) is 29.3 Å². The number of hydrogen-bond acceptors (Lipinski definition) is 6. The maximum atomic E-state index is 12.5. The van der Waals surface area contributed by atoms with Crippen molar-refractivity contribution in [1.82, 2.24) is 4.98 Å². The molecule has 0 atom stereocenters. The Labute approximate surface area is 167 Å². The van der Waals surface area contributed by atoms with Crippen molar-refractivity contribution in [1.29, 1.82) is 5.26 Å². The number of carbonyl (C=O) groups is 1. The summed E-state index contributed by atoms with van der Waals surface area (Å²) in [5.74, 6) is 1.04. The van der Waals surface area contributed by atoms with E-state index >= 15 is 0 Å². The highest BCUT2D eigenvalue weighted by atomic mass is 32.1. The molecule has 0 bridgehead atoms. The number of carbonyl (C=O) groups excluding carboxylic acids is 1. The van der Waals surface area contributed by atoms with E-state index in [4.69, 9.17) is 14.7 Å². The molecule has 0 aliphatic carbocycles. The third-order valence-corrected chi connectivity index (χ3v) is 4.84. The van der Waals surface area contributed by atoms with Gasteiger partial charge in [-0.25, -0.2) is 4.98 Å². The molecule has 0 aliphatic heterocycles. The molecule has 3 rings (SSSR count). The Morgan fingerprint density at radius 2 is 2.07 bits per heavy atom. The van der Waals surface area contributed by atoms with Crippen molar-refractivity contribution < 1.29 is 14.3 Å². The minimum Gasteiger partial charge on any atom is -0.495 e. The second-order valence-corrected chi connectivity index (χ2v) is 6.68. The van der Waals surface area contributed by atoms with Crippen LogP contribution in [0.25, 0.3) is 10.6 Å². The zero-order valence-electron chi connectivity index (χ0n) is 15.6. The Balaban J connectivity index is 1.74. The third kappa shape index (κ3) is 4.48. The summed E-state index contributed by atoms with van der Waals surface area (Å²) in [5, 5.41) is 14.5. The lowest BCUT2D eigenvalue weighted by Crippen LogP contribution is -2.15. The number of nitrogens with zero attached hydrogens (tertiary/aromatic N) is 2. The summed E-state index contributed by atoms with van der Waals surface area (Å²) in [4.78, 5) is 17.0. The van der Waals surface area contributed by atoms with Crippen molar-refractivity contribution in [3.05, 3.63) is 59.1 Å². The molecule has 0 unspecified atom stereocenters.